The van der Waals surface area contributed by atoms with Crippen molar-refractivity contribution in [1.82, 2.24) is 20.1 Å². The normalized spacial score (nSPS) is 15.9. The molecule has 1 aliphatic carbocycles. The number of halogens is 8. The van der Waals surface area contributed by atoms with Crippen LogP contribution in [-0.2, 0) is 36.3 Å². The van der Waals surface area contributed by atoms with Gasteiger partial charge in [0.1, 0.15) is 41.0 Å². The van der Waals surface area contributed by atoms with E-state index in [-0.39, 0.29) is 32.8 Å². The Labute approximate surface area is 285 Å². The molecule has 0 radical (unpaired) electrons. The van der Waals surface area contributed by atoms with E-state index in [0.29, 0.717) is 6.07 Å². The van der Waals surface area contributed by atoms with Crippen molar-refractivity contribution in [3.05, 3.63) is 105 Å². The molecule has 4 N–H and O–H groups in total. The monoisotopic (exact) mass is 719 g/mol. The van der Waals surface area contributed by atoms with Gasteiger partial charge in [0.05, 0.1) is 17.3 Å². The van der Waals surface area contributed by atoms with Crippen LogP contribution in [0.4, 0.5) is 35.1 Å². The Morgan fingerprint density at radius 2 is 1.75 bits per heavy atom. The van der Waals surface area contributed by atoms with Crippen LogP contribution in [0.5, 0.6) is 0 Å². The maximum absolute atomic E-state index is 15.2. The molecule has 16 heteroatoms. The number of primary amides is 1. The van der Waals surface area contributed by atoms with Gasteiger partial charge in [-0.2, -0.15) is 27.1 Å². The molecule has 2 heterocycles. The number of aliphatic hydroxyl groups is 1. The Morgan fingerprint density at radius 3 is 2.35 bits per heavy atom. The van der Waals surface area contributed by atoms with Gasteiger partial charge < -0.3 is 16.2 Å². The first kappa shape index (κ1) is 37.0. The van der Waals surface area contributed by atoms with Crippen LogP contribution in [0.2, 0.25) is 0 Å². The van der Waals surface area contributed by atoms with Crippen LogP contribution < -0.4 is 11.1 Å². The van der Waals surface area contributed by atoms with E-state index >= 15 is 8.78 Å². The topological polar surface area (TPSA) is 123 Å². The molecule has 4 aromatic rings. The summed E-state index contributed by atoms with van der Waals surface area (Å²) in [6, 6.07) is 7.16. The first-order chi connectivity index (χ1) is 23.6. The summed E-state index contributed by atoms with van der Waals surface area (Å²) in [6.07, 6.45) is -6.16. The van der Waals surface area contributed by atoms with Crippen molar-refractivity contribution in [2.45, 2.75) is 63.9 Å². The van der Waals surface area contributed by atoms with E-state index in [0.717, 1.165) is 31.2 Å². The van der Waals surface area contributed by atoms with Crippen LogP contribution in [0, 0.1) is 35.2 Å². The third-order valence-electron chi connectivity index (χ3n) is 8.05. The van der Waals surface area contributed by atoms with Crippen molar-refractivity contribution in [2.24, 2.45) is 11.7 Å². The van der Waals surface area contributed by atoms with Gasteiger partial charge in [-0.15, -0.1) is 0 Å². The van der Waals surface area contributed by atoms with Crippen molar-refractivity contribution in [1.29, 1.82) is 0 Å². The summed E-state index contributed by atoms with van der Waals surface area (Å²) < 4.78 is 115. The summed E-state index contributed by atoms with van der Waals surface area (Å²) in [5, 5.41) is 16.0. The maximum atomic E-state index is 15.2. The van der Waals surface area contributed by atoms with E-state index < -0.39 is 101 Å². The number of hydrogen-bond acceptors (Lipinski definition) is 5. The molecule has 2 aromatic carbocycles. The fourth-order valence-electron chi connectivity index (χ4n) is 5.79. The molecule has 0 fully saturated rings. The molecule has 0 saturated carbocycles. The van der Waals surface area contributed by atoms with Gasteiger partial charge in [0.2, 0.25) is 5.91 Å². The lowest BCUT2D eigenvalue weighted by atomic mass is 9.94. The first-order valence-electron chi connectivity index (χ1n) is 15.3. The van der Waals surface area contributed by atoms with Gasteiger partial charge in [0, 0.05) is 23.1 Å². The lowest BCUT2D eigenvalue weighted by Gasteiger charge is -2.23. The molecular weight excluding hydrogens is 690 g/mol. The number of amides is 2. The molecule has 5 rings (SSSR count). The van der Waals surface area contributed by atoms with Crippen molar-refractivity contribution < 1.29 is 49.8 Å². The van der Waals surface area contributed by atoms with Gasteiger partial charge in [-0.25, -0.2) is 18.2 Å². The minimum atomic E-state index is -5.10. The summed E-state index contributed by atoms with van der Waals surface area (Å²) >= 11 is 0. The zero-order chi connectivity index (χ0) is 37.6. The summed E-state index contributed by atoms with van der Waals surface area (Å²) in [5.74, 6) is -5.25. The molecular formula is C35H29F8N5O3. The lowest BCUT2D eigenvalue weighted by molar-refractivity contribution is -0.142. The highest BCUT2D eigenvalue weighted by Gasteiger charge is 2.54. The minimum absolute atomic E-state index is 0.00567. The number of alkyl halides is 5. The maximum Gasteiger partial charge on any atom is 0.435 e. The highest BCUT2D eigenvalue weighted by Crippen LogP contribution is 2.49. The van der Waals surface area contributed by atoms with Crippen molar-refractivity contribution in [3.8, 4) is 23.0 Å². The number of rotatable bonds is 8. The number of benzene rings is 2. The second-order valence-electron chi connectivity index (χ2n) is 12.7. The average molecular weight is 720 g/mol. The molecule has 1 aliphatic rings. The number of nitrogens with zero attached hydrogens (tertiary/aromatic N) is 3. The van der Waals surface area contributed by atoms with Crippen LogP contribution in [0.25, 0.3) is 11.1 Å². The molecule has 2 amide bonds. The fraction of sp³-hybridized carbons (Fsp3) is 0.314. The van der Waals surface area contributed by atoms with E-state index in [1.165, 1.54) is 32.0 Å². The Kier molecular flexibility index (Phi) is 9.74. The zero-order valence-corrected chi connectivity index (χ0v) is 27.1. The first-order valence-corrected chi connectivity index (χ1v) is 15.3. The summed E-state index contributed by atoms with van der Waals surface area (Å²) in [6.45, 7) is 2.73. The molecule has 0 saturated heterocycles. The standard InChI is InChI=1S/C35H29F8N5O3/c1-17-10-25-30(35(41,42)43)47-48(31(25)34(17,39)40)16-28(49)46-27(13-18-11-20(36)15-21(37)12-18)29-23(6-5-22(45-29)8-9-33(2,3)51)19-4-7-26(38)24(14-19)32(44)50/h4-7,11-12,14-15,17,27,51H,10,13,16H2,1-3H3,(H2,44,50)(H,46,49). The predicted octanol–water partition coefficient (Wildman–Crippen LogP) is 5.99. The third kappa shape index (κ3) is 8.04. The molecule has 0 bridgehead atoms. The minimum Gasteiger partial charge on any atom is -0.378 e. The molecule has 8 nitrogen and oxygen atoms in total. The molecule has 0 aliphatic heterocycles. The number of aromatic nitrogens is 3. The quantitative estimate of drug-likeness (QED) is 0.153. The summed E-state index contributed by atoms with van der Waals surface area (Å²) in [4.78, 5) is 30.1. The summed E-state index contributed by atoms with van der Waals surface area (Å²) in [7, 11) is 0. The lowest BCUT2D eigenvalue weighted by Crippen LogP contribution is -2.35. The second kappa shape index (κ2) is 13.4. The smallest absolute Gasteiger partial charge is 0.378 e. The van der Waals surface area contributed by atoms with Crippen LogP contribution in [0.3, 0.4) is 0 Å². The Hall–Kier alpha value is -5.30. The number of nitrogens with one attached hydrogen (secondary N) is 1. The zero-order valence-electron chi connectivity index (χ0n) is 27.1. The predicted molar refractivity (Wildman–Crippen MR) is 166 cm³/mol. The number of hydrogen-bond donors (Lipinski definition) is 3. The van der Waals surface area contributed by atoms with Gasteiger partial charge in [0.15, 0.2) is 5.69 Å². The number of carbonyl (C=O) groups is 2. The molecule has 2 atom stereocenters. The molecule has 2 aromatic heterocycles. The van der Waals surface area contributed by atoms with Gasteiger partial charge in [-0.1, -0.05) is 18.9 Å². The van der Waals surface area contributed by atoms with Crippen LogP contribution in [0.1, 0.15) is 71.1 Å². The Bertz CT molecular complexity index is 2070. The van der Waals surface area contributed by atoms with Crippen LogP contribution in [0.15, 0.2) is 48.5 Å². The number of pyridine rings is 1. The van der Waals surface area contributed by atoms with E-state index in [1.54, 1.807) is 0 Å². The number of nitrogens with two attached hydrogens (primary N) is 1. The van der Waals surface area contributed by atoms with Gasteiger partial charge in [0.25, 0.3) is 11.8 Å². The highest BCUT2D eigenvalue weighted by molar-refractivity contribution is 5.94. The van der Waals surface area contributed by atoms with Crippen LogP contribution in [-0.4, -0.2) is 37.3 Å². The SMILES string of the molecule is CC1Cc2c(C(F)(F)F)nn(CC(=O)NC(Cc3cc(F)cc(F)c3)c3nc(C#CC(C)(C)O)ccc3-c3ccc(F)c(C(N)=O)c3)c2C1(F)F. The van der Waals surface area contributed by atoms with Crippen LogP contribution >= 0.6 is 0 Å². The average Bonchev–Trinajstić information content (AvgIpc) is 3.48. The molecule has 0 spiro atoms. The number of fused-ring (bicyclic) bond motifs is 1. The van der Waals surface area contributed by atoms with Crippen molar-refractivity contribution in [3.63, 3.8) is 0 Å². The number of carbonyl (C=O) groups excluding carboxylic acids is 2. The molecule has 51 heavy (non-hydrogen) atoms. The van der Waals surface area contributed by atoms with Gasteiger partial charge in [-0.05, 0) is 80.1 Å². The van der Waals surface area contributed by atoms with E-state index in [4.69, 9.17) is 5.73 Å². The van der Waals surface area contributed by atoms with E-state index in [2.05, 4.69) is 27.2 Å². The largest absolute Gasteiger partial charge is 0.435 e. The second-order valence-corrected chi connectivity index (χ2v) is 12.7. The van der Waals surface area contributed by atoms with Crippen molar-refractivity contribution >= 4 is 11.8 Å². The summed E-state index contributed by atoms with van der Waals surface area (Å²) in [5.41, 5.74) is 0.112. The third-order valence-corrected chi connectivity index (χ3v) is 8.05. The molecule has 268 valence electrons. The Balaban J connectivity index is 1.65. The Morgan fingerprint density at radius 1 is 1.08 bits per heavy atom. The van der Waals surface area contributed by atoms with Gasteiger partial charge in [-0.3, -0.25) is 14.3 Å². The van der Waals surface area contributed by atoms with E-state index in [1.807, 2.05) is 0 Å². The molecule has 2 unspecified atom stereocenters. The van der Waals surface area contributed by atoms with Crippen molar-refractivity contribution in [2.75, 3.05) is 0 Å². The van der Waals surface area contributed by atoms with E-state index in [9.17, 15) is 41.0 Å². The van der Waals surface area contributed by atoms with Gasteiger partial charge >= 0.3 is 6.18 Å². The fourth-order valence-corrected chi connectivity index (χ4v) is 5.79. The highest BCUT2D eigenvalue weighted by atomic mass is 19.4.